The summed E-state index contributed by atoms with van der Waals surface area (Å²) < 4.78 is 26.0. The first-order valence-electron chi connectivity index (χ1n) is 4.09. The van der Waals surface area contributed by atoms with Gasteiger partial charge in [-0.1, -0.05) is 17.7 Å². The second-order valence-electron chi connectivity index (χ2n) is 2.86. The Morgan fingerprint density at radius 3 is 2.64 bits per heavy atom. The number of benzene rings is 1. The molecule has 0 heterocycles. The van der Waals surface area contributed by atoms with Crippen LogP contribution in [0.25, 0.3) is 0 Å². The van der Waals surface area contributed by atoms with Crippen LogP contribution in [-0.4, -0.2) is 11.7 Å². The average molecular weight is 222 g/mol. The second kappa shape index (κ2) is 4.68. The highest BCUT2D eigenvalue weighted by molar-refractivity contribution is 6.30. The maximum Gasteiger partial charge on any atom is 0.150 e. The summed E-state index contributed by atoms with van der Waals surface area (Å²) in [4.78, 5) is 0. The van der Waals surface area contributed by atoms with Gasteiger partial charge in [0.05, 0.1) is 6.10 Å². The predicted octanol–water partition coefficient (Wildman–Crippen LogP) is 2.00. The minimum Gasteiger partial charge on any atom is -0.388 e. The van der Waals surface area contributed by atoms with Gasteiger partial charge in [0.15, 0.2) is 5.82 Å². The lowest BCUT2D eigenvalue weighted by Crippen LogP contribution is -2.08. The van der Waals surface area contributed by atoms with Gasteiger partial charge in [-0.2, -0.15) is 0 Å². The quantitative estimate of drug-likeness (QED) is 0.767. The predicted molar refractivity (Wildman–Crippen MR) is 50.0 cm³/mol. The van der Waals surface area contributed by atoms with Crippen LogP contribution in [0.5, 0.6) is 0 Å². The van der Waals surface area contributed by atoms with E-state index in [4.69, 9.17) is 17.3 Å². The van der Waals surface area contributed by atoms with Crippen molar-refractivity contribution in [1.82, 2.24) is 0 Å². The fraction of sp³-hybridized carbons (Fsp3) is 0.333. The number of rotatable bonds is 3. The summed E-state index contributed by atoms with van der Waals surface area (Å²) in [6, 6.07) is 2.18. The van der Waals surface area contributed by atoms with Gasteiger partial charge in [-0.3, -0.25) is 0 Å². The van der Waals surface area contributed by atoms with Crippen LogP contribution in [0, 0.1) is 11.6 Å². The van der Waals surface area contributed by atoms with Crippen LogP contribution in [0.1, 0.15) is 18.1 Å². The molecule has 0 bridgehead atoms. The molecule has 2 nitrogen and oxygen atoms in total. The molecule has 0 fully saturated rings. The molecule has 1 atom stereocenters. The van der Waals surface area contributed by atoms with Gasteiger partial charge >= 0.3 is 0 Å². The topological polar surface area (TPSA) is 46.2 Å². The molecule has 0 radical (unpaired) electrons. The van der Waals surface area contributed by atoms with Crippen LogP contribution in [0.2, 0.25) is 5.02 Å². The van der Waals surface area contributed by atoms with Crippen LogP contribution in [0.15, 0.2) is 12.1 Å². The van der Waals surface area contributed by atoms with E-state index >= 15 is 0 Å². The summed E-state index contributed by atoms with van der Waals surface area (Å²) in [6.07, 6.45) is -0.836. The zero-order valence-electron chi connectivity index (χ0n) is 7.30. The van der Waals surface area contributed by atoms with Crippen molar-refractivity contribution in [3.8, 4) is 0 Å². The standard InChI is InChI=1S/C9H10ClF2NO/c10-8-6(11)2-1-5(9(8)12)7(14)3-4-13/h1-2,7,14H,3-4,13H2/t7-/m1/s1. The number of hydrogen-bond acceptors (Lipinski definition) is 2. The molecule has 0 aliphatic heterocycles. The van der Waals surface area contributed by atoms with E-state index in [1.807, 2.05) is 0 Å². The Morgan fingerprint density at radius 2 is 2.07 bits per heavy atom. The highest BCUT2D eigenvalue weighted by atomic mass is 35.5. The maximum atomic E-state index is 13.3. The Hall–Kier alpha value is -0.710. The van der Waals surface area contributed by atoms with Crippen molar-refractivity contribution in [2.75, 3.05) is 6.54 Å². The fourth-order valence-electron chi connectivity index (χ4n) is 1.11. The normalized spacial score (nSPS) is 12.9. The average Bonchev–Trinajstić information content (AvgIpc) is 2.15. The first-order valence-corrected chi connectivity index (χ1v) is 4.47. The Balaban J connectivity index is 3.04. The molecule has 14 heavy (non-hydrogen) atoms. The third-order valence-corrected chi connectivity index (χ3v) is 2.21. The molecule has 0 saturated carbocycles. The van der Waals surface area contributed by atoms with E-state index < -0.39 is 22.8 Å². The molecular formula is C9H10ClF2NO. The molecule has 0 aromatic heterocycles. The number of nitrogens with two attached hydrogens (primary N) is 1. The molecule has 3 N–H and O–H groups in total. The van der Waals surface area contributed by atoms with Gasteiger partial charge in [0.1, 0.15) is 10.8 Å². The summed E-state index contributed by atoms with van der Waals surface area (Å²) in [5.41, 5.74) is 5.17. The van der Waals surface area contributed by atoms with Crippen LogP contribution >= 0.6 is 11.6 Å². The smallest absolute Gasteiger partial charge is 0.150 e. The number of aliphatic hydroxyl groups excluding tert-OH is 1. The molecule has 1 aromatic rings. The molecule has 0 spiro atoms. The van der Waals surface area contributed by atoms with Gasteiger partial charge in [0.25, 0.3) is 0 Å². The zero-order chi connectivity index (χ0) is 10.7. The third kappa shape index (κ3) is 2.20. The summed E-state index contributed by atoms with van der Waals surface area (Å²) >= 11 is 5.33. The summed E-state index contributed by atoms with van der Waals surface area (Å²) in [7, 11) is 0. The lowest BCUT2D eigenvalue weighted by Gasteiger charge is -2.11. The maximum absolute atomic E-state index is 13.3. The Labute approximate surface area is 85.3 Å². The molecule has 1 rings (SSSR count). The van der Waals surface area contributed by atoms with Gasteiger partial charge in [0, 0.05) is 5.56 Å². The molecular weight excluding hydrogens is 212 g/mol. The molecule has 0 amide bonds. The summed E-state index contributed by atoms with van der Waals surface area (Å²) in [5.74, 6) is -1.76. The Morgan fingerprint density at radius 1 is 1.43 bits per heavy atom. The SMILES string of the molecule is NCC[C@@H](O)c1ccc(F)c(Cl)c1F. The lowest BCUT2D eigenvalue weighted by atomic mass is 10.1. The lowest BCUT2D eigenvalue weighted by molar-refractivity contribution is 0.165. The molecule has 0 aliphatic carbocycles. The highest BCUT2D eigenvalue weighted by Crippen LogP contribution is 2.27. The first-order chi connectivity index (χ1) is 6.57. The Bertz CT molecular complexity index is 333. The molecule has 0 aliphatic rings. The van der Waals surface area contributed by atoms with Gasteiger partial charge in [-0.05, 0) is 19.0 Å². The van der Waals surface area contributed by atoms with Crippen molar-refractivity contribution in [3.63, 3.8) is 0 Å². The van der Waals surface area contributed by atoms with Crippen molar-refractivity contribution >= 4 is 11.6 Å². The molecule has 5 heteroatoms. The van der Waals surface area contributed by atoms with Crippen molar-refractivity contribution < 1.29 is 13.9 Å². The van der Waals surface area contributed by atoms with Crippen LogP contribution in [0.4, 0.5) is 8.78 Å². The van der Waals surface area contributed by atoms with Crippen LogP contribution < -0.4 is 5.73 Å². The van der Waals surface area contributed by atoms with Gasteiger partial charge in [-0.15, -0.1) is 0 Å². The van der Waals surface area contributed by atoms with Crippen LogP contribution in [-0.2, 0) is 0 Å². The summed E-state index contributed by atoms with van der Waals surface area (Å²) in [5, 5.41) is 8.82. The van der Waals surface area contributed by atoms with E-state index in [0.29, 0.717) is 0 Å². The molecule has 78 valence electrons. The van der Waals surface area contributed by atoms with Gasteiger partial charge in [0.2, 0.25) is 0 Å². The number of aliphatic hydroxyl groups is 1. The molecule has 0 unspecified atom stereocenters. The number of halogens is 3. The largest absolute Gasteiger partial charge is 0.388 e. The van der Waals surface area contributed by atoms with Crippen LogP contribution in [0.3, 0.4) is 0 Å². The minimum absolute atomic E-state index is 0.0261. The number of hydrogen-bond donors (Lipinski definition) is 2. The van der Waals surface area contributed by atoms with E-state index in [-0.39, 0.29) is 18.5 Å². The monoisotopic (exact) mass is 221 g/mol. The van der Waals surface area contributed by atoms with Crippen molar-refractivity contribution in [2.24, 2.45) is 5.73 Å². The highest BCUT2D eigenvalue weighted by Gasteiger charge is 2.16. The molecule has 0 saturated heterocycles. The van der Waals surface area contributed by atoms with Crippen molar-refractivity contribution in [1.29, 1.82) is 0 Å². The van der Waals surface area contributed by atoms with E-state index in [2.05, 4.69) is 0 Å². The zero-order valence-corrected chi connectivity index (χ0v) is 8.06. The van der Waals surface area contributed by atoms with Crippen molar-refractivity contribution in [3.05, 3.63) is 34.4 Å². The van der Waals surface area contributed by atoms with Gasteiger partial charge < -0.3 is 10.8 Å². The van der Waals surface area contributed by atoms with Crippen molar-refractivity contribution in [2.45, 2.75) is 12.5 Å². The third-order valence-electron chi connectivity index (χ3n) is 1.86. The minimum atomic E-state index is -1.04. The van der Waals surface area contributed by atoms with Gasteiger partial charge in [-0.25, -0.2) is 8.78 Å². The van der Waals surface area contributed by atoms with E-state index in [1.54, 1.807) is 0 Å². The van der Waals surface area contributed by atoms with E-state index in [0.717, 1.165) is 12.1 Å². The van der Waals surface area contributed by atoms with E-state index in [9.17, 15) is 13.9 Å². The molecule has 1 aromatic carbocycles. The second-order valence-corrected chi connectivity index (χ2v) is 3.24. The first kappa shape index (κ1) is 11.4. The fourth-order valence-corrected chi connectivity index (χ4v) is 1.28. The van der Waals surface area contributed by atoms with E-state index in [1.165, 1.54) is 0 Å². The summed E-state index contributed by atoms with van der Waals surface area (Å²) in [6.45, 7) is 0.218. The Kier molecular flexibility index (Phi) is 3.80.